The third-order valence-corrected chi connectivity index (χ3v) is 1.65. The molecule has 0 heterocycles. The van der Waals surface area contributed by atoms with Crippen molar-refractivity contribution in [3.63, 3.8) is 0 Å². The van der Waals surface area contributed by atoms with Gasteiger partial charge in [0.25, 0.3) is 0 Å². The first-order valence-corrected chi connectivity index (χ1v) is 5.11. The zero-order valence-electron chi connectivity index (χ0n) is 9.54. The van der Waals surface area contributed by atoms with E-state index in [-0.39, 0.29) is 6.61 Å². The Kier molecular flexibility index (Phi) is 7.32. The van der Waals surface area contributed by atoms with Gasteiger partial charge in [0.1, 0.15) is 6.61 Å². The van der Waals surface area contributed by atoms with E-state index < -0.39 is 11.9 Å². The fourth-order valence-corrected chi connectivity index (χ4v) is 0.923. The molecule has 0 aliphatic heterocycles. The van der Waals surface area contributed by atoms with Crippen LogP contribution in [0.15, 0.2) is 11.6 Å². The molecular formula is C11H18O4. The molecule has 0 saturated heterocycles. The molecule has 0 aromatic rings. The Hall–Kier alpha value is -1.32. The van der Waals surface area contributed by atoms with Crippen molar-refractivity contribution in [2.75, 3.05) is 13.2 Å². The normalized spacial score (nSPS) is 11.0. The number of ether oxygens (including phenoxy) is 2. The number of hydrogen-bond acceptors (Lipinski definition) is 4. The maximum Gasteiger partial charge on any atom is 0.337 e. The Morgan fingerprint density at radius 2 is 1.87 bits per heavy atom. The first-order valence-electron chi connectivity index (χ1n) is 5.11. The van der Waals surface area contributed by atoms with Gasteiger partial charge in [0.05, 0.1) is 12.2 Å². The van der Waals surface area contributed by atoms with E-state index in [1.807, 2.05) is 6.92 Å². The van der Waals surface area contributed by atoms with Crippen molar-refractivity contribution in [1.82, 2.24) is 0 Å². The highest BCUT2D eigenvalue weighted by atomic mass is 16.5. The number of unbranched alkanes of at least 4 members (excludes halogenated alkanes) is 1. The summed E-state index contributed by atoms with van der Waals surface area (Å²) >= 11 is 0. The second kappa shape index (κ2) is 8.03. The van der Waals surface area contributed by atoms with E-state index in [1.54, 1.807) is 13.0 Å². The van der Waals surface area contributed by atoms with Gasteiger partial charge in [0.15, 0.2) is 0 Å². The van der Waals surface area contributed by atoms with Crippen LogP contribution in [0.4, 0.5) is 0 Å². The lowest BCUT2D eigenvalue weighted by molar-refractivity contribution is -0.142. The minimum Gasteiger partial charge on any atom is -0.463 e. The second-order valence-corrected chi connectivity index (χ2v) is 3.02. The molecule has 0 bridgehead atoms. The van der Waals surface area contributed by atoms with Crippen LogP contribution >= 0.6 is 0 Å². The first kappa shape index (κ1) is 13.7. The van der Waals surface area contributed by atoms with Gasteiger partial charge in [0, 0.05) is 6.92 Å². The lowest BCUT2D eigenvalue weighted by atomic mass is 10.2. The van der Waals surface area contributed by atoms with Crippen molar-refractivity contribution >= 4 is 11.9 Å². The molecule has 0 aromatic carbocycles. The van der Waals surface area contributed by atoms with Crippen molar-refractivity contribution in [1.29, 1.82) is 0 Å². The Balaban J connectivity index is 4.30. The highest BCUT2D eigenvalue weighted by Gasteiger charge is 2.11. The SMILES string of the molecule is CCCC=C(COC(C)=O)C(=O)OCC. The molecule has 0 spiro atoms. The quantitative estimate of drug-likeness (QED) is 0.500. The summed E-state index contributed by atoms with van der Waals surface area (Å²) < 4.78 is 9.60. The summed E-state index contributed by atoms with van der Waals surface area (Å²) in [6.07, 6.45) is 3.46. The van der Waals surface area contributed by atoms with E-state index in [9.17, 15) is 9.59 Å². The van der Waals surface area contributed by atoms with Crippen LogP contribution in [0.3, 0.4) is 0 Å². The molecule has 0 amide bonds. The molecule has 4 heteroatoms. The monoisotopic (exact) mass is 214 g/mol. The average molecular weight is 214 g/mol. The molecule has 0 radical (unpaired) electrons. The van der Waals surface area contributed by atoms with Crippen LogP contribution in [-0.4, -0.2) is 25.2 Å². The Morgan fingerprint density at radius 1 is 1.20 bits per heavy atom. The van der Waals surface area contributed by atoms with Crippen LogP contribution in [0, 0.1) is 0 Å². The summed E-state index contributed by atoms with van der Waals surface area (Å²) in [4.78, 5) is 22.0. The minimum absolute atomic E-state index is 0.00579. The van der Waals surface area contributed by atoms with Crippen LogP contribution in [0.1, 0.15) is 33.6 Å². The molecule has 0 aliphatic carbocycles. The highest BCUT2D eigenvalue weighted by Crippen LogP contribution is 2.03. The standard InChI is InChI=1S/C11H18O4/c1-4-6-7-10(8-15-9(3)12)11(13)14-5-2/h7H,4-6,8H2,1-3H3. The zero-order chi connectivity index (χ0) is 11.7. The summed E-state index contributed by atoms with van der Waals surface area (Å²) in [7, 11) is 0. The van der Waals surface area contributed by atoms with Gasteiger partial charge in [-0.15, -0.1) is 0 Å². The first-order chi connectivity index (χ1) is 7.11. The lowest BCUT2D eigenvalue weighted by Gasteiger charge is -2.06. The van der Waals surface area contributed by atoms with Crippen molar-refractivity contribution in [2.45, 2.75) is 33.6 Å². The number of carbonyl (C=O) groups is 2. The maximum atomic E-state index is 11.4. The molecule has 0 atom stereocenters. The largest absolute Gasteiger partial charge is 0.463 e. The molecular weight excluding hydrogens is 196 g/mol. The lowest BCUT2D eigenvalue weighted by Crippen LogP contribution is -2.14. The second-order valence-electron chi connectivity index (χ2n) is 3.02. The Morgan fingerprint density at radius 3 is 2.33 bits per heavy atom. The third-order valence-electron chi connectivity index (χ3n) is 1.65. The van der Waals surface area contributed by atoms with Gasteiger partial charge in [-0.05, 0) is 13.3 Å². The van der Waals surface area contributed by atoms with Crippen molar-refractivity contribution in [2.24, 2.45) is 0 Å². The maximum absolute atomic E-state index is 11.4. The molecule has 0 rings (SSSR count). The molecule has 15 heavy (non-hydrogen) atoms. The molecule has 4 nitrogen and oxygen atoms in total. The van der Waals surface area contributed by atoms with Crippen molar-refractivity contribution < 1.29 is 19.1 Å². The van der Waals surface area contributed by atoms with Gasteiger partial charge in [-0.1, -0.05) is 19.4 Å². The summed E-state index contributed by atoms with van der Waals surface area (Å²) in [5.41, 5.74) is 0.411. The zero-order valence-corrected chi connectivity index (χ0v) is 9.54. The van der Waals surface area contributed by atoms with Gasteiger partial charge in [-0.25, -0.2) is 4.79 Å². The van der Waals surface area contributed by atoms with E-state index in [1.165, 1.54) is 6.92 Å². The van der Waals surface area contributed by atoms with E-state index in [0.29, 0.717) is 12.2 Å². The van der Waals surface area contributed by atoms with Crippen molar-refractivity contribution in [3.8, 4) is 0 Å². The van der Waals surface area contributed by atoms with Gasteiger partial charge >= 0.3 is 11.9 Å². The highest BCUT2D eigenvalue weighted by molar-refractivity contribution is 5.89. The molecule has 86 valence electrons. The summed E-state index contributed by atoms with van der Waals surface area (Å²) in [5.74, 6) is -0.811. The minimum atomic E-state index is -0.410. The summed E-state index contributed by atoms with van der Waals surface area (Å²) in [6.45, 7) is 5.37. The smallest absolute Gasteiger partial charge is 0.337 e. The van der Waals surface area contributed by atoms with Gasteiger partial charge in [-0.3, -0.25) is 4.79 Å². The fourth-order valence-electron chi connectivity index (χ4n) is 0.923. The van der Waals surface area contributed by atoms with Crippen LogP contribution in [0.2, 0.25) is 0 Å². The topological polar surface area (TPSA) is 52.6 Å². The van der Waals surface area contributed by atoms with E-state index >= 15 is 0 Å². The van der Waals surface area contributed by atoms with Crippen molar-refractivity contribution in [3.05, 3.63) is 11.6 Å². The molecule has 0 aromatic heterocycles. The van der Waals surface area contributed by atoms with E-state index in [4.69, 9.17) is 9.47 Å². The molecule has 0 fully saturated rings. The van der Waals surface area contributed by atoms with Crippen LogP contribution in [0.25, 0.3) is 0 Å². The average Bonchev–Trinajstić information content (AvgIpc) is 2.17. The van der Waals surface area contributed by atoms with Crippen LogP contribution in [-0.2, 0) is 19.1 Å². The Labute approximate surface area is 90.2 Å². The number of allylic oxidation sites excluding steroid dienone is 1. The fraction of sp³-hybridized carbons (Fsp3) is 0.636. The molecule has 0 aliphatic rings. The van der Waals surface area contributed by atoms with Gasteiger partial charge in [-0.2, -0.15) is 0 Å². The van der Waals surface area contributed by atoms with Crippen LogP contribution in [0.5, 0.6) is 0 Å². The van der Waals surface area contributed by atoms with Gasteiger partial charge < -0.3 is 9.47 Å². The number of esters is 2. The van der Waals surface area contributed by atoms with Gasteiger partial charge in [0.2, 0.25) is 0 Å². The third kappa shape index (κ3) is 6.71. The molecule has 0 unspecified atom stereocenters. The summed E-state index contributed by atoms with van der Waals surface area (Å²) in [6, 6.07) is 0. The predicted molar refractivity (Wildman–Crippen MR) is 56.3 cm³/mol. The number of rotatable bonds is 6. The summed E-state index contributed by atoms with van der Waals surface area (Å²) in [5, 5.41) is 0. The molecule has 0 saturated carbocycles. The van der Waals surface area contributed by atoms with E-state index in [2.05, 4.69) is 0 Å². The number of carbonyl (C=O) groups excluding carboxylic acids is 2. The number of hydrogen-bond donors (Lipinski definition) is 0. The Bertz CT molecular complexity index is 243. The van der Waals surface area contributed by atoms with Crippen LogP contribution < -0.4 is 0 Å². The van der Waals surface area contributed by atoms with E-state index in [0.717, 1.165) is 12.8 Å². The predicted octanol–water partition coefficient (Wildman–Crippen LogP) is 1.84. The molecule has 0 N–H and O–H groups in total.